The van der Waals surface area contributed by atoms with E-state index in [1.807, 2.05) is 66.7 Å². The molecule has 2 N–H and O–H groups in total. The van der Waals surface area contributed by atoms with Gasteiger partial charge in [-0.15, -0.1) is 0 Å². The van der Waals surface area contributed by atoms with Crippen LogP contribution in [0.4, 0.5) is 10.5 Å². The molecule has 0 saturated carbocycles. The van der Waals surface area contributed by atoms with Gasteiger partial charge < -0.3 is 10.6 Å². The third kappa shape index (κ3) is 3.89. The molecule has 1 saturated heterocycles. The molecule has 1 aliphatic heterocycles. The quantitative estimate of drug-likeness (QED) is 0.593. The summed E-state index contributed by atoms with van der Waals surface area (Å²) in [5, 5.41) is 7.42. The molecule has 1 aliphatic rings. The molecule has 158 valence electrons. The summed E-state index contributed by atoms with van der Waals surface area (Å²) in [5.74, 6) is -0.865. The van der Waals surface area contributed by atoms with Gasteiger partial charge in [-0.25, -0.2) is 4.79 Å². The third-order valence-corrected chi connectivity index (χ3v) is 5.68. The zero-order chi connectivity index (χ0) is 22.0. The average Bonchev–Trinajstić information content (AvgIpc) is 2.98. The first kappa shape index (κ1) is 20.6. The number of nitrogens with zero attached hydrogens (tertiary/aromatic N) is 1. The minimum Gasteiger partial charge on any atom is -0.325 e. The van der Waals surface area contributed by atoms with Crippen LogP contribution in [0, 0.1) is 0 Å². The number of urea groups is 1. The Morgan fingerprint density at radius 2 is 1.71 bits per heavy atom. The molecule has 3 aromatic rings. The van der Waals surface area contributed by atoms with E-state index in [9.17, 15) is 14.4 Å². The average molecular weight is 415 g/mol. The smallest absolute Gasteiger partial charge is 0.325 e. The summed E-state index contributed by atoms with van der Waals surface area (Å²) < 4.78 is 0. The SMILES string of the molecule is CCCc1ccc(NC(=O)CN2C(=O)NC(C)(c3cccc4ccccc34)C2=O)cc1. The predicted octanol–water partition coefficient (Wildman–Crippen LogP) is 4.20. The molecule has 31 heavy (non-hydrogen) atoms. The molecular weight excluding hydrogens is 390 g/mol. The first-order valence-corrected chi connectivity index (χ1v) is 10.4. The van der Waals surface area contributed by atoms with Gasteiger partial charge in [0.25, 0.3) is 5.91 Å². The summed E-state index contributed by atoms with van der Waals surface area (Å²) in [6, 6.07) is 20.4. The Balaban J connectivity index is 1.52. The van der Waals surface area contributed by atoms with Gasteiger partial charge in [0.2, 0.25) is 5.91 Å². The van der Waals surface area contributed by atoms with Crippen LogP contribution in [0.5, 0.6) is 0 Å². The largest absolute Gasteiger partial charge is 0.325 e. The van der Waals surface area contributed by atoms with Crippen molar-refractivity contribution in [1.29, 1.82) is 0 Å². The van der Waals surface area contributed by atoms with Gasteiger partial charge in [-0.2, -0.15) is 0 Å². The monoisotopic (exact) mass is 415 g/mol. The van der Waals surface area contributed by atoms with Gasteiger partial charge in [-0.3, -0.25) is 14.5 Å². The van der Waals surface area contributed by atoms with Gasteiger partial charge in [0.1, 0.15) is 12.1 Å². The Hall–Kier alpha value is -3.67. The Labute approximate surface area is 181 Å². The Bertz CT molecular complexity index is 1150. The molecule has 3 aromatic carbocycles. The topological polar surface area (TPSA) is 78.5 Å². The molecule has 1 heterocycles. The number of hydrogen-bond donors (Lipinski definition) is 2. The summed E-state index contributed by atoms with van der Waals surface area (Å²) in [4.78, 5) is 39.4. The molecule has 6 nitrogen and oxygen atoms in total. The van der Waals surface area contributed by atoms with E-state index in [-0.39, 0.29) is 6.54 Å². The number of rotatable bonds is 6. The molecule has 4 amide bonds. The minimum atomic E-state index is -1.24. The predicted molar refractivity (Wildman–Crippen MR) is 121 cm³/mol. The second-order valence-electron chi connectivity index (χ2n) is 7.97. The maximum atomic E-state index is 13.2. The Kier molecular flexibility index (Phi) is 5.46. The highest BCUT2D eigenvalue weighted by molar-refractivity contribution is 6.11. The summed E-state index contributed by atoms with van der Waals surface area (Å²) in [6.45, 7) is 3.45. The first-order chi connectivity index (χ1) is 14.9. The van der Waals surface area contributed by atoms with Crippen LogP contribution in [0.25, 0.3) is 10.8 Å². The van der Waals surface area contributed by atoms with Crippen molar-refractivity contribution in [2.75, 3.05) is 11.9 Å². The van der Waals surface area contributed by atoms with E-state index in [1.54, 1.807) is 6.92 Å². The summed E-state index contributed by atoms with van der Waals surface area (Å²) in [6.07, 6.45) is 2.02. The fraction of sp³-hybridized carbons (Fsp3) is 0.240. The van der Waals surface area contributed by atoms with Gasteiger partial charge in [0.15, 0.2) is 0 Å². The van der Waals surface area contributed by atoms with Crippen molar-refractivity contribution in [1.82, 2.24) is 10.2 Å². The van der Waals surface area contributed by atoms with Crippen LogP contribution in [-0.2, 0) is 21.5 Å². The highest BCUT2D eigenvalue weighted by atomic mass is 16.2. The van der Waals surface area contributed by atoms with E-state index in [1.165, 1.54) is 5.56 Å². The van der Waals surface area contributed by atoms with Gasteiger partial charge in [0, 0.05) is 5.69 Å². The highest BCUT2D eigenvalue weighted by Crippen LogP contribution is 2.33. The van der Waals surface area contributed by atoms with E-state index in [4.69, 9.17) is 0 Å². The van der Waals surface area contributed by atoms with Crippen molar-refractivity contribution in [2.45, 2.75) is 32.2 Å². The molecular formula is C25H25N3O3. The van der Waals surface area contributed by atoms with Crippen molar-refractivity contribution in [3.63, 3.8) is 0 Å². The van der Waals surface area contributed by atoms with E-state index in [0.29, 0.717) is 11.3 Å². The molecule has 1 atom stereocenters. The lowest BCUT2D eigenvalue weighted by Crippen LogP contribution is -2.42. The van der Waals surface area contributed by atoms with Crippen LogP contribution in [0.2, 0.25) is 0 Å². The van der Waals surface area contributed by atoms with E-state index in [0.717, 1.165) is 28.5 Å². The van der Waals surface area contributed by atoms with Crippen LogP contribution in [0.3, 0.4) is 0 Å². The van der Waals surface area contributed by atoms with Crippen LogP contribution in [0.1, 0.15) is 31.4 Å². The minimum absolute atomic E-state index is 0.346. The standard InChI is InChI=1S/C25H25N3O3/c1-3-7-17-12-14-19(15-13-17)26-22(29)16-28-23(30)25(2,27-24(28)31)21-11-6-9-18-8-4-5-10-20(18)21/h4-6,8-15H,3,7,16H2,1-2H3,(H,26,29)(H,27,31). The van der Waals surface area contributed by atoms with Gasteiger partial charge in [-0.05, 0) is 47.4 Å². The third-order valence-electron chi connectivity index (χ3n) is 5.68. The number of amides is 4. The normalized spacial score (nSPS) is 18.3. The van der Waals surface area contributed by atoms with E-state index >= 15 is 0 Å². The molecule has 0 aromatic heterocycles. The fourth-order valence-electron chi connectivity index (χ4n) is 4.07. The maximum absolute atomic E-state index is 13.2. The highest BCUT2D eigenvalue weighted by Gasteiger charge is 2.50. The zero-order valence-corrected chi connectivity index (χ0v) is 17.6. The Morgan fingerprint density at radius 1 is 1.00 bits per heavy atom. The summed E-state index contributed by atoms with van der Waals surface area (Å²) in [5.41, 5.74) is 1.30. The lowest BCUT2D eigenvalue weighted by Gasteiger charge is -2.24. The number of aryl methyl sites for hydroxylation is 1. The van der Waals surface area contributed by atoms with Crippen molar-refractivity contribution in [2.24, 2.45) is 0 Å². The second kappa shape index (κ2) is 8.22. The van der Waals surface area contributed by atoms with Crippen LogP contribution < -0.4 is 10.6 Å². The number of carbonyl (C=O) groups excluding carboxylic acids is 3. The number of fused-ring (bicyclic) bond motifs is 1. The Morgan fingerprint density at radius 3 is 2.45 bits per heavy atom. The molecule has 0 bridgehead atoms. The van der Waals surface area contributed by atoms with Crippen molar-refractivity contribution in [3.8, 4) is 0 Å². The second-order valence-corrected chi connectivity index (χ2v) is 7.97. The molecule has 1 fully saturated rings. The summed E-state index contributed by atoms with van der Waals surface area (Å²) >= 11 is 0. The van der Waals surface area contributed by atoms with E-state index in [2.05, 4.69) is 17.6 Å². The van der Waals surface area contributed by atoms with Crippen molar-refractivity contribution in [3.05, 3.63) is 77.9 Å². The lowest BCUT2D eigenvalue weighted by molar-refractivity contribution is -0.133. The van der Waals surface area contributed by atoms with E-state index < -0.39 is 23.4 Å². The van der Waals surface area contributed by atoms with Crippen molar-refractivity contribution < 1.29 is 14.4 Å². The van der Waals surface area contributed by atoms with Gasteiger partial charge in [-0.1, -0.05) is 67.9 Å². The number of imide groups is 1. The molecule has 0 aliphatic carbocycles. The molecule has 1 unspecified atom stereocenters. The molecule has 0 spiro atoms. The fourth-order valence-corrected chi connectivity index (χ4v) is 4.07. The van der Waals surface area contributed by atoms with Crippen LogP contribution in [-0.4, -0.2) is 29.3 Å². The first-order valence-electron chi connectivity index (χ1n) is 10.4. The number of nitrogens with one attached hydrogen (secondary N) is 2. The number of hydrogen-bond acceptors (Lipinski definition) is 3. The maximum Gasteiger partial charge on any atom is 0.325 e. The number of carbonyl (C=O) groups is 3. The number of anilines is 1. The van der Waals surface area contributed by atoms with Gasteiger partial charge in [0.05, 0.1) is 0 Å². The lowest BCUT2D eigenvalue weighted by atomic mass is 9.88. The molecule has 4 rings (SSSR count). The molecule has 6 heteroatoms. The van der Waals surface area contributed by atoms with Crippen molar-refractivity contribution >= 4 is 34.3 Å². The number of benzene rings is 3. The van der Waals surface area contributed by atoms with Crippen LogP contribution in [0.15, 0.2) is 66.7 Å². The zero-order valence-electron chi connectivity index (χ0n) is 17.6. The summed E-state index contributed by atoms with van der Waals surface area (Å²) in [7, 11) is 0. The molecule has 0 radical (unpaired) electrons. The van der Waals surface area contributed by atoms with Gasteiger partial charge >= 0.3 is 6.03 Å². The van der Waals surface area contributed by atoms with Crippen LogP contribution >= 0.6 is 0 Å².